The summed E-state index contributed by atoms with van der Waals surface area (Å²) >= 11 is 0. The molecule has 3 unspecified atom stereocenters. The number of likely N-dealkylation sites (tertiary alicyclic amines) is 2. The molecule has 19 heavy (non-hydrogen) atoms. The van der Waals surface area contributed by atoms with Crippen molar-refractivity contribution in [3.8, 4) is 0 Å². The van der Waals surface area contributed by atoms with E-state index in [9.17, 15) is 0 Å². The molecule has 2 heterocycles. The second-order valence-electron chi connectivity index (χ2n) is 7.24. The molecule has 110 valence electrons. The molecule has 2 aliphatic heterocycles. The normalized spacial score (nSPS) is 35.7. The van der Waals surface area contributed by atoms with Crippen LogP contribution in [0.2, 0.25) is 0 Å². The highest BCUT2D eigenvalue weighted by Gasteiger charge is 2.34. The topological polar surface area (TPSA) is 18.5 Å². The smallest absolute Gasteiger partial charge is 0.00965 e. The number of nitrogens with one attached hydrogen (secondary N) is 1. The van der Waals surface area contributed by atoms with Crippen LogP contribution < -0.4 is 5.32 Å². The fourth-order valence-electron chi connectivity index (χ4n) is 3.93. The van der Waals surface area contributed by atoms with E-state index in [-0.39, 0.29) is 0 Å². The van der Waals surface area contributed by atoms with Gasteiger partial charge in [-0.2, -0.15) is 0 Å². The van der Waals surface area contributed by atoms with Crippen LogP contribution >= 0.6 is 0 Å². The van der Waals surface area contributed by atoms with Gasteiger partial charge in [-0.1, -0.05) is 0 Å². The summed E-state index contributed by atoms with van der Waals surface area (Å²) in [7, 11) is 2.27. The second kappa shape index (κ2) is 6.11. The highest BCUT2D eigenvalue weighted by atomic mass is 15.2. The first-order valence-electron chi connectivity index (χ1n) is 8.38. The highest BCUT2D eigenvalue weighted by molar-refractivity contribution is 4.90. The van der Waals surface area contributed by atoms with Crippen LogP contribution in [-0.4, -0.2) is 61.7 Å². The summed E-state index contributed by atoms with van der Waals surface area (Å²) in [4.78, 5) is 5.22. The largest absolute Gasteiger partial charge is 0.314 e. The van der Waals surface area contributed by atoms with Gasteiger partial charge in [-0.05, 0) is 77.5 Å². The molecule has 0 bridgehead atoms. The Balaban J connectivity index is 1.37. The second-order valence-corrected chi connectivity index (χ2v) is 7.24. The van der Waals surface area contributed by atoms with Crippen LogP contribution in [0.5, 0.6) is 0 Å². The van der Waals surface area contributed by atoms with E-state index in [1.54, 1.807) is 0 Å². The first-order valence-corrected chi connectivity index (χ1v) is 8.38. The van der Waals surface area contributed by atoms with Crippen molar-refractivity contribution < 1.29 is 0 Å². The van der Waals surface area contributed by atoms with Crippen LogP contribution in [0.25, 0.3) is 0 Å². The molecule has 0 aromatic rings. The third-order valence-corrected chi connectivity index (χ3v) is 5.48. The monoisotopic (exact) mass is 265 g/mol. The van der Waals surface area contributed by atoms with Gasteiger partial charge in [-0.15, -0.1) is 0 Å². The third-order valence-electron chi connectivity index (χ3n) is 5.48. The third kappa shape index (κ3) is 3.71. The molecule has 0 radical (unpaired) electrons. The summed E-state index contributed by atoms with van der Waals surface area (Å²) in [6.07, 6.45) is 7.14. The fourth-order valence-corrected chi connectivity index (χ4v) is 3.93. The molecule has 3 nitrogen and oxygen atoms in total. The van der Waals surface area contributed by atoms with Gasteiger partial charge in [0, 0.05) is 25.2 Å². The Morgan fingerprint density at radius 2 is 1.95 bits per heavy atom. The lowest BCUT2D eigenvalue weighted by Gasteiger charge is -2.34. The predicted molar refractivity (Wildman–Crippen MR) is 80.4 cm³/mol. The van der Waals surface area contributed by atoms with Crippen LogP contribution in [-0.2, 0) is 0 Å². The number of piperidine rings is 1. The van der Waals surface area contributed by atoms with Crippen molar-refractivity contribution in [2.75, 3.05) is 39.8 Å². The molecule has 3 aliphatic rings. The first kappa shape index (κ1) is 13.8. The standard InChI is InChI=1S/C16H31N3/c1-13(15-4-3-8-18(2)12-15)17-10-14-7-9-19(11-14)16-5-6-16/h13-17H,3-12H2,1-2H3. The lowest BCUT2D eigenvalue weighted by atomic mass is 9.91. The molecular weight excluding hydrogens is 234 g/mol. The molecule has 1 saturated carbocycles. The molecule has 3 heteroatoms. The van der Waals surface area contributed by atoms with Gasteiger partial charge >= 0.3 is 0 Å². The maximum Gasteiger partial charge on any atom is 0.00965 e. The predicted octanol–water partition coefficient (Wildman–Crippen LogP) is 1.79. The van der Waals surface area contributed by atoms with Crippen molar-refractivity contribution in [2.24, 2.45) is 11.8 Å². The van der Waals surface area contributed by atoms with Gasteiger partial charge in [-0.25, -0.2) is 0 Å². The Labute approximate surface area is 118 Å². The summed E-state index contributed by atoms with van der Waals surface area (Å²) in [5, 5.41) is 3.84. The Hall–Kier alpha value is -0.120. The molecule has 1 aliphatic carbocycles. The van der Waals surface area contributed by atoms with E-state index in [2.05, 4.69) is 29.1 Å². The minimum absolute atomic E-state index is 0.692. The average Bonchev–Trinajstić information content (AvgIpc) is 3.15. The van der Waals surface area contributed by atoms with Gasteiger partial charge in [0.05, 0.1) is 0 Å². The minimum Gasteiger partial charge on any atom is -0.314 e. The van der Waals surface area contributed by atoms with E-state index in [1.165, 1.54) is 64.8 Å². The van der Waals surface area contributed by atoms with E-state index in [0.29, 0.717) is 6.04 Å². The van der Waals surface area contributed by atoms with Crippen molar-refractivity contribution >= 4 is 0 Å². The summed E-state index contributed by atoms with van der Waals surface area (Å²) < 4.78 is 0. The van der Waals surface area contributed by atoms with Gasteiger partial charge in [0.1, 0.15) is 0 Å². The van der Waals surface area contributed by atoms with Crippen molar-refractivity contribution in [3.05, 3.63) is 0 Å². The summed E-state index contributed by atoms with van der Waals surface area (Å²) in [5.41, 5.74) is 0. The van der Waals surface area contributed by atoms with Crippen molar-refractivity contribution in [1.29, 1.82) is 0 Å². The average molecular weight is 265 g/mol. The minimum atomic E-state index is 0.692. The molecule has 1 N–H and O–H groups in total. The van der Waals surface area contributed by atoms with Crippen molar-refractivity contribution in [3.63, 3.8) is 0 Å². The number of hydrogen-bond donors (Lipinski definition) is 1. The number of rotatable bonds is 5. The molecule has 3 rings (SSSR count). The van der Waals surface area contributed by atoms with Crippen LogP contribution in [0, 0.1) is 11.8 Å². The van der Waals surface area contributed by atoms with Crippen LogP contribution in [0.1, 0.15) is 39.0 Å². The van der Waals surface area contributed by atoms with E-state index in [4.69, 9.17) is 0 Å². The Morgan fingerprint density at radius 1 is 1.11 bits per heavy atom. The van der Waals surface area contributed by atoms with Crippen LogP contribution in [0.15, 0.2) is 0 Å². The van der Waals surface area contributed by atoms with Crippen LogP contribution in [0.3, 0.4) is 0 Å². The van der Waals surface area contributed by atoms with E-state index in [1.807, 2.05) is 0 Å². The Morgan fingerprint density at radius 3 is 2.68 bits per heavy atom. The Kier molecular flexibility index (Phi) is 4.45. The van der Waals surface area contributed by atoms with E-state index >= 15 is 0 Å². The van der Waals surface area contributed by atoms with Gasteiger partial charge < -0.3 is 15.1 Å². The van der Waals surface area contributed by atoms with Gasteiger partial charge in [-0.3, -0.25) is 0 Å². The van der Waals surface area contributed by atoms with Gasteiger partial charge in [0.25, 0.3) is 0 Å². The number of hydrogen-bond acceptors (Lipinski definition) is 3. The summed E-state index contributed by atoms with van der Waals surface area (Å²) in [6, 6.07) is 1.66. The molecule has 0 spiro atoms. The molecule has 0 aromatic carbocycles. The highest BCUT2D eigenvalue weighted by Crippen LogP contribution is 2.31. The molecule has 0 aromatic heterocycles. The van der Waals surface area contributed by atoms with E-state index < -0.39 is 0 Å². The molecule has 3 atom stereocenters. The van der Waals surface area contributed by atoms with Crippen molar-refractivity contribution in [1.82, 2.24) is 15.1 Å². The van der Waals surface area contributed by atoms with Crippen LogP contribution in [0.4, 0.5) is 0 Å². The van der Waals surface area contributed by atoms with E-state index in [0.717, 1.165) is 17.9 Å². The SMILES string of the molecule is CC(NCC1CCN(C2CC2)C1)C1CCCN(C)C1. The first-order chi connectivity index (χ1) is 9.22. The maximum absolute atomic E-state index is 3.84. The molecule has 0 amide bonds. The van der Waals surface area contributed by atoms with Gasteiger partial charge in [0.2, 0.25) is 0 Å². The maximum atomic E-state index is 3.84. The zero-order valence-corrected chi connectivity index (χ0v) is 12.8. The molecule has 3 fully saturated rings. The molecular formula is C16H31N3. The zero-order chi connectivity index (χ0) is 13.2. The summed E-state index contributed by atoms with van der Waals surface area (Å²) in [6.45, 7) is 8.93. The lowest BCUT2D eigenvalue weighted by Crippen LogP contribution is -2.44. The fraction of sp³-hybridized carbons (Fsp3) is 1.00. The summed E-state index contributed by atoms with van der Waals surface area (Å²) in [5.74, 6) is 1.77. The van der Waals surface area contributed by atoms with Gasteiger partial charge in [0.15, 0.2) is 0 Å². The Bertz CT molecular complexity index is 290. The van der Waals surface area contributed by atoms with Crippen molar-refractivity contribution in [2.45, 2.75) is 51.1 Å². The zero-order valence-electron chi connectivity index (χ0n) is 12.8. The lowest BCUT2D eigenvalue weighted by molar-refractivity contribution is 0.176. The number of nitrogens with zero attached hydrogens (tertiary/aromatic N) is 2. The molecule has 2 saturated heterocycles. The quantitative estimate of drug-likeness (QED) is 0.817.